The minimum atomic E-state index is -0.162. The Morgan fingerprint density at radius 1 is 1.17 bits per heavy atom. The molecule has 0 saturated heterocycles. The highest BCUT2D eigenvalue weighted by Gasteiger charge is 2.29. The van der Waals surface area contributed by atoms with Crippen molar-refractivity contribution in [2.24, 2.45) is 0 Å². The molecule has 1 fully saturated rings. The topological polar surface area (TPSA) is 72.7 Å². The van der Waals surface area contributed by atoms with Crippen LogP contribution >= 0.6 is 15.9 Å². The fourth-order valence-corrected chi connectivity index (χ4v) is 3.71. The number of nitrogens with one attached hydrogen (secondary N) is 1. The van der Waals surface area contributed by atoms with Crippen LogP contribution in [0.3, 0.4) is 0 Å². The molecule has 29 heavy (non-hydrogen) atoms. The number of hydrogen-bond acceptors (Lipinski definition) is 4. The number of carbonyl (C=O) groups is 1. The average molecular weight is 448 g/mol. The van der Waals surface area contributed by atoms with Gasteiger partial charge in [-0.05, 0) is 62.2 Å². The van der Waals surface area contributed by atoms with Gasteiger partial charge in [0.15, 0.2) is 11.5 Å². The number of nitrogens with zero attached hydrogens (tertiary/aromatic N) is 4. The van der Waals surface area contributed by atoms with Crippen LogP contribution in [0, 0.1) is 6.92 Å². The Balaban J connectivity index is 1.65. The van der Waals surface area contributed by atoms with Gasteiger partial charge in [-0.1, -0.05) is 22.0 Å². The number of hydrogen-bond donors (Lipinski definition) is 1. The molecule has 7 heteroatoms. The molecule has 4 aromatic rings. The number of fused-ring (bicyclic) bond motifs is 1. The lowest BCUT2D eigenvalue weighted by atomic mass is 10.1. The molecule has 1 aliphatic carbocycles. The lowest BCUT2D eigenvalue weighted by Crippen LogP contribution is -2.13. The Labute approximate surface area is 176 Å². The van der Waals surface area contributed by atoms with E-state index in [1.165, 1.54) is 0 Å². The first-order valence-corrected chi connectivity index (χ1v) is 10.3. The number of carbonyl (C=O) groups excluding carboxylic acids is 1. The van der Waals surface area contributed by atoms with Gasteiger partial charge in [0.1, 0.15) is 0 Å². The van der Waals surface area contributed by atoms with Gasteiger partial charge >= 0.3 is 0 Å². The number of pyridine rings is 2. The Bertz CT molecular complexity index is 1210. The Morgan fingerprint density at radius 3 is 2.66 bits per heavy atom. The lowest BCUT2D eigenvalue weighted by Gasteiger charge is -2.09. The Hall–Kier alpha value is -3.06. The van der Waals surface area contributed by atoms with Gasteiger partial charge in [-0.25, -0.2) is 9.97 Å². The maximum absolute atomic E-state index is 13.2. The fourth-order valence-electron chi connectivity index (χ4n) is 3.45. The van der Waals surface area contributed by atoms with E-state index >= 15 is 0 Å². The number of benzene rings is 1. The van der Waals surface area contributed by atoms with Gasteiger partial charge < -0.3 is 5.32 Å². The van der Waals surface area contributed by atoms with E-state index in [-0.39, 0.29) is 5.91 Å². The van der Waals surface area contributed by atoms with E-state index < -0.39 is 0 Å². The summed E-state index contributed by atoms with van der Waals surface area (Å²) < 4.78 is 2.69. The quantitative estimate of drug-likeness (QED) is 0.476. The molecule has 144 valence electrons. The van der Waals surface area contributed by atoms with Gasteiger partial charge in [-0.2, -0.15) is 9.78 Å². The summed E-state index contributed by atoms with van der Waals surface area (Å²) in [6.07, 6.45) is 3.93. The Kier molecular flexibility index (Phi) is 4.39. The zero-order valence-corrected chi connectivity index (χ0v) is 17.3. The minimum Gasteiger partial charge on any atom is -0.322 e. The predicted octanol–water partition coefficient (Wildman–Crippen LogP) is 5.02. The summed E-state index contributed by atoms with van der Waals surface area (Å²) in [7, 11) is 0. The standard InChI is InChI=1S/C22H18BrN5O/c1-13-20-17(22(29)25-16-9-7-15(23)8-10-16)12-18(14-5-6-14)26-21(20)28(27-13)19-4-2-3-11-24-19/h2-4,7-12,14H,5-6H2,1H3,(H,25,29). The second kappa shape index (κ2) is 7.08. The van der Waals surface area contributed by atoms with E-state index in [0.717, 1.165) is 39.8 Å². The van der Waals surface area contributed by atoms with E-state index in [0.29, 0.717) is 22.9 Å². The molecule has 0 radical (unpaired) electrons. The first-order chi connectivity index (χ1) is 14.1. The third kappa shape index (κ3) is 3.42. The van der Waals surface area contributed by atoms with Gasteiger partial charge in [0.25, 0.3) is 5.91 Å². The number of aromatic nitrogens is 4. The molecule has 0 unspecified atom stereocenters. The van der Waals surface area contributed by atoms with Gasteiger partial charge in [-0.15, -0.1) is 0 Å². The second-order valence-corrected chi connectivity index (χ2v) is 8.13. The summed E-state index contributed by atoms with van der Waals surface area (Å²) in [5.41, 5.74) is 3.70. The molecule has 5 rings (SSSR count). The summed E-state index contributed by atoms with van der Waals surface area (Å²) in [5.74, 6) is 0.932. The van der Waals surface area contributed by atoms with Crippen molar-refractivity contribution in [2.45, 2.75) is 25.7 Å². The summed E-state index contributed by atoms with van der Waals surface area (Å²) in [5, 5.41) is 8.41. The van der Waals surface area contributed by atoms with Crippen LogP contribution in [0.25, 0.3) is 16.9 Å². The van der Waals surface area contributed by atoms with E-state index in [4.69, 9.17) is 4.98 Å². The second-order valence-electron chi connectivity index (χ2n) is 7.21. The summed E-state index contributed by atoms with van der Waals surface area (Å²) in [6, 6.07) is 15.1. The van der Waals surface area contributed by atoms with Crippen molar-refractivity contribution in [2.75, 3.05) is 5.32 Å². The molecular formula is C22H18BrN5O. The van der Waals surface area contributed by atoms with E-state index in [9.17, 15) is 4.79 Å². The molecule has 1 saturated carbocycles. The highest BCUT2D eigenvalue weighted by atomic mass is 79.9. The summed E-state index contributed by atoms with van der Waals surface area (Å²) in [6.45, 7) is 1.90. The van der Waals surface area contributed by atoms with Crippen molar-refractivity contribution < 1.29 is 4.79 Å². The molecule has 1 N–H and O–H groups in total. The van der Waals surface area contributed by atoms with Gasteiger partial charge in [-0.3, -0.25) is 4.79 Å². The van der Waals surface area contributed by atoms with Crippen LogP contribution < -0.4 is 5.32 Å². The number of aryl methyl sites for hydroxylation is 1. The average Bonchev–Trinajstić information content (AvgIpc) is 3.54. The smallest absolute Gasteiger partial charge is 0.256 e. The van der Waals surface area contributed by atoms with Gasteiger partial charge in [0, 0.05) is 28.0 Å². The number of halogens is 1. The van der Waals surface area contributed by atoms with Crippen molar-refractivity contribution in [3.63, 3.8) is 0 Å². The van der Waals surface area contributed by atoms with Crippen LogP contribution in [0.1, 0.15) is 40.5 Å². The number of rotatable bonds is 4. The molecule has 0 aliphatic heterocycles. The molecule has 0 atom stereocenters. The van der Waals surface area contributed by atoms with Crippen LogP contribution in [0.5, 0.6) is 0 Å². The molecule has 0 bridgehead atoms. The fraction of sp³-hybridized carbons (Fsp3) is 0.182. The van der Waals surface area contributed by atoms with Crippen molar-refractivity contribution >= 4 is 38.6 Å². The molecule has 1 aromatic carbocycles. The first kappa shape index (κ1) is 18.0. The first-order valence-electron chi connectivity index (χ1n) is 9.49. The zero-order chi connectivity index (χ0) is 20.0. The molecule has 6 nitrogen and oxygen atoms in total. The predicted molar refractivity (Wildman–Crippen MR) is 115 cm³/mol. The van der Waals surface area contributed by atoms with Crippen LogP contribution in [-0.2, 0) is 0 Å². The van der Waals surface area contributed by atoms with Crippen LogP contribution in [0.15, 0.2) is 59.2 Å². The monoisotopic (exact) mass is 447 g/mol. The van der Waals surface area contributed by atoms with Gasteiger partial charge in [0.2, 0.25) is 0 Å². The lowest BCUT2D eigenvalue weighted by molar-refractivity contribution is 0.102. The minimum absolute atomic E-state index is 0.162. The van der Waals surface area contributed by atoms with Gasteiger partial charge in [0.05, 0.1) is 16.6 Å². The summed E-state index contributed by atoms with van der Waals surface area (Å²) in [4.78, 5) is 22.5. The largest absolute Gasteiger partial charge is 0.322 e. The Morgan fingerprint density at radius 2 is 1.97 bits per heavy atom. The highest BCUT2D eigenvalue weighted by Crippen LogP contribution is 2.40. The normalized spacial score (nSPS) is 13.6. The summed E-state index contributed by atoms with van der Waals surface area (Å²) >= 11 is 3.42. The maximum atomic E-state index is 13.2. The molecule has 1 amide bonds. The van der Waals surface area contributed by atoms with E-state index in [2.05, 4.69) is 31.3 Å². The molecule has 3 aromatic heterocycles. The third-order valence-electron chi connectivity index (χ3n) is 5.04. The molecular weight excluding hydrogens is 430 g/mol. The van der Waals surface area contributed by atoms with Crippen LogP contribution in [0.4, 0.5) is 5.69 Å². The molecule has 1 aliphatic rings. The van der Waals surface area contributed by atoms with Crippen molar-refractivity contribution in [3.8, 4) is 5.82 Å². The van der Waals surface area contributed by atoms with E-state index in [1.54, 1.807) is 10.9 Å². The maximum Gasteiger partial charge on any atom is 0.256 e. The third-order valence-corrected chi connectivity index (χ3v) is 5.57. The SMILES string of the molecule is Cc1nn(-c2ccccn2)c2nc(C3CC3)cc(C(=O)Nc3ccc(Br)cc3)c12. The number of anilines is 1. The van der Waals surface area contributed by atoms with E-state index in [1.807, 2.05) is 55.5 Å². The highest BCUT2D eigenvalue weighted by molar-refractivity contribution is 9.10. The van der Waals surface area contributed by atoms with Crippen LogP contribution in [-0.4, -0.2) is 25.7 Å². The van der Waals surface area contributed by atoms with Crippen molar-refractivity contribution in [1.82, 2.24) is 19.7 Å². The van der Waals surface area contributed by atoms with Crippen LogP contribution in [0.2, 0.25) is 0 Å². The van der Waals surface area contributed by atoms with Crippen molar-refractivity contribution in [3.05, 3.63) is 76.2 Å². The molecule has 0 spiro atoms. The van der Waals surface area contributed by atoms with Crippen molar-refractivity contribution in [1.29, 1.82) is 0 Å². The number of amides is 1. The molecule has 3 heterocycles. The zero-order valence-electron chi connectivity index (χ0n) is 15.8.